The Hall–Kier alpha value is -4.00. The number of hydrogen-bond donors (Lipinski definition) is 1. The lowest BCUT2D eigenvalue weighted by molar-refractivity contribution is -0.132. The van der Waals surface area contributed by atoms with E-state index in [9.17, 15) is 9.59 Å². The number of nitrogens with one attached hydrogen (secondary N) is 1. The molecule has 0 radical (unpaired) electrons. The van der Waals surface area contributed by atoms with Crippen LogP contribution >= 0.6 is 0 Å². The molecule has 0 unspecified atom stereocenters. The number of rotatable bonds is 11. The summed E-state index contributed by atoms with van der Waals surface area (Å²) < 4.78 is 10.9. The predicted molar refractivity (Wildman–Crippen MR) is 133 cm³/mol. The summed E-state index contributed by atoms with van der Waals surface area (Å²) in [5, 5.41) is 2.83. The first-order valence-electron chi connectivity index (χ1n) is 11.2. The number of aryl methyl sites for hydroxylation is 1. The molecule has 0 fully saturated rings. The van der Waals surface area contributed by atoms with E-state index in [4.69, 9.17) is 9.15 Å². The normalized spacial score (nSPS) is 10.4. The molecule has 3 rings (SSSR count). The zero-order valence-corrected chi connectivity index (χ0v) is 19.7. The number of urea groups is 1. The first-order valence-corrected chi connectivity index (χ1v) is 11.2. The second-order valence-corrected chi connectivity index (χ2v) is 7.89. The quantitative estimate of drug-likeness (QED) is 0.413. The summed E-state index contributed by atoms with van der Waals surface area (Å²) >= 11 is 0. The van der Waals surface area contributed by atoms with Crippen LogP contribution in [0.1, 0.15) is 17.1 Å². The van der Waals surface area contributed by atoms with Crippen molar-refractivity contribution >= 4 is 17.6 Å². The summed E-state index contributed by atoms with van der Waals surface area (Å²) in [6.45, 7) is 6.60. The molecule has 34 heavy (non-hydrogen) atoms. The number of furan rings is 1. The van der Waals surface area contributed by atoms with Crippen molar-refractivity contribution in [2.45, 2.75) is 19.9 Å². The third-order valence-electron chi connectivity index (χ3n) is 5.31. The average molecular weight is 462 g/mol. The van der Waals surface area contributed by atoms with E-state index in [1.807, 2.05) is 49.4 Å². The van der Waals surface area contributed by atoms with Gasteiger partial charge in [0, 0.05) is 18.8 Å². The van der Waals surface area contributed by atoms with E-state index in [2.05, 4.69) is 11.9 Å². The highest BCUT2D eigenvalue weighted by atomic mass is 16.5. The fourth-order valence-corrected chi connectivity index (χ4v) is 3.47. The highest BCUT2D eigenvalue weighted by molar-refractivity contribution is 5.92. The van der Waals surface area contributed by atoms with E-state index in [1.165, 1.54) is 4.90 Å². The Morgan fingerprint density at radius 1 is 1.03 bits per heavy atom. The van der Waals surface area contributed by atoms with Crippen molar-refractivity contribution in [1.82, 2.24) is 9.80 Å². The largest absolute Gasteiger partial charge is 0.497 e. The lowest BCUT2D eigenvalue weighted by Crippen LogP contribution is -2.44. The van der Waals surface area contributed by atoms with Crippen molar-refractivity contribution < 1.29 is 18.7 Å². The SMILES string of the molecule is C=CCN(CC(=O)N(CCc1ccccc1)Cc1ccc(C)o1)C(=O)Nc1ccc(OC)cc1. The Labute approximate surface area is 200 Å². The molecule has 0 saturated heterocycles. The molecule has 2 aromatic carbocycles. The Morgan fingerprint density at radius 2 is 1.76 bits per heavy atom. The van der Waals surface area contributed by atoms with Gasteiger partial charge in [0.15, 0.2) is 0 Å². The number of methoxy groups -OCH3 is 1. The van der Waals surface area contributed by atoms with Crippen LogP contribution in [0.2, 0.25) is 0 Å². The highest BCUT2D eigenvalue weighted by Gasteiger charge is 2.22. The van der Waals surface area contributed by atoms with Crippen LogP contribution in [0.5, 0.6) is 5.75 Å². The summed E-state index contributed by atoms with van der Waals surface area (Å²) in [6, 6.07) is 20.4. The van der Waals surface area contributed by atoms with E-state index in [-0.39, 0.29) is 25.0 Å². The molecule has 7 nitrogen and oxygen atoms in total. The van der Waals surface area contributed by atoms with E-state index >= 15 is 0 Å². The molecule has 0 atom stereocenters. The molecule has 0 aliphatic heterocycles. The number of anilines is 1. The lowest BCUT2D eigenvalue weighted by Gasteiger charge is -2.27. The maximum absolute atomic E-state index is 13.3. The van der Waals surface area contributed by atoms with Crippen LogP contribution in [0.25, 0.3) is 0 Å². The van der Waals surface area contributed by atoms with Crippen LogP contribution in [0.4, 0.5) is 10.5 Å². The maximum atomic E-state index is 13.3. The van der Waals surface area contributed by atoms with Crippen molar-refractivity contribution in [1.29, 1.82) is 0 Å². The summed E-state index contributed by atoms with van der Waals surface area (Å²) in [5.74, 6) is 2.02. The fourth-order valence-electron chi connectivity index (χ4n) is 3.47. The third-order valence-corrected chi connectivity index (χ3v) is 5.31. The molecule has 3 amide bonds. The van der Waals surface area contributed by atoms with Gasteiger partial charge in [-0.05, 0) is 55.3 Å². The zero-order valence-electron chi connectivity index (χ0n) is 19.7. The third kappa shape index (κ3) is 7.27. The monoisotopic (exact) mass is 461 g/mol. The van der Waals surface area contributed by atoms with Crippen LogP contribution in [0, 0.1) is 6.92 Å². The van der Waals surface area contributed by atoms with Crippen LogP contribution in [-0.2, 0) is 17.8 Å². The number of nitrogens with zero attached hydrogens (tertiary/aromatic N) is 2. The summed E-state index contributed by atoms with van der Waals surface area (Å²) in [5.41, 5.74) is 1.75. The molecular formula is C27H31N3O4. The van der Waals surface area contributed by atoms with Gasteiger partial charge in [-0.1, -0.05) is 36.4 Å². The zero-order chi connectivity index (χ0) is 24.3. The topological polar surface area (TPSA) is 75.0 Å². The summed E-state index contributed by atoms with van der Waals surface area (Å²) in [6.07, 6.45) is 2.30. The van der Waals surface area contributed by atoms with E-state index in [0.29, 0.717) is 36.7 Å². The van der Waals surface area contributed by atoms with Gasteiger partial charge in [-0.15, -0.1) is 6.58 Å². The molecule has 0 aliphatic rings. The maximum Gasteiger partial charge on any atom is 0.322 e. The fraction of sp³-hybridized carbons (Fsp3) is 0.259. The Balaban J connectivity index is 1.69. The van der Waals surface area contributed by atoms with E-state index in [0.717, 1.165) is 11.3 Å². The van der Waals surface area contributed by atoms with Crippen LogP contribution in [0.15, 0.2) is 83.8 Å². The molecule has 1 heterocycles. The van der Waals surface area contributed by atoms with Crippen LogP contribution in [0.3, 0.4) is 0 Å². The molecule has 0 saturated carbocycles. The molecular weight excluding hydrogens is 430 g/mol. The van der Waals surface area contributed by atoms with Gasteiger partial charge in [-0.3, -0.25) is 4.79 Å². The minimum absolute atomic E-state index is 0.0809. The van der Waals surface area contributed by atoms with Gasteiger partial charge in [0.05, 0.1) is 13.7 Å². The standard InChI is InChI=1S/C27H31N3O4/c1-4-17-30(27(32)28-23-11-14-24(33-3)15-12-23)20-26(31)29(19-25-13-10-21(2)34-25)18-16-22-8-6-5-7-9-22/h4-15H,1,16-20H2,2-3H3,(H,28,32). The average Bonchev–Trinajstić information content (AvgIpc) is 3.27. The number of carbonyl (C=O) groups excluding carboxylic acids is 2. The van der Waals surface area contributed by atoms with Gasteiger partial charge < -0.3 is 24.3 Å². The van der Waals surface area contributed by atoms with Crippen molar-refractivity contribution in [2.75, 3.05) is 32.1 Å². The van der Waals surface area contributed by atoms with Gasteiger partial charge in [0.25, 0.3) is 0 Å². The lowest BCUT2D eigenvalue weighted by atomic mass is 10.1. The number of hydrogen-bond acceptors (Lipinski definition) is 4. The Bertz CT molecular complexity index is 1080. The number of ether oxygens (including phenoxy) is 1. The summed E-state index contributed by atoms with van der Waals surface area (Å²) in [7, 11) is 1.58. The second kappa shape index (κ2) is 12.3. The molecule has 0 aliphatic carbocycles. The van der Waals surface area contributed by atoms with Crippen LogP contribution in [-0.4, -0.2) is 48.5 Å². The van der Waals surface area contributed by atoms with E-state index < -0.39 is 0 Å². The van der Waals surface area contributed by atoms with Crippen molar-refractivity contribution in [3.63, 3.8) is 0 Å². The number of carbonyl (C=O) groups is 2. The smallest absolute Gasteiger partial charge is 0.322 e. The molecule has 3 aromatic rings. The van der Waals surface area contributed by atoms with Gasteiger partial charge in [-0.2, -0.15) is 0 Å². The Kier molecular flexibility index (Phi) is 8.91. The van der Waals surface area contributed by atoms with Gasteiger partial charge in [0.2, 0.25) is 5.91 Å². The molecule has 7 heteroatoms. The minimum Gasteiger partial charge on any atom is -0.497 e. The molecule has 1 N–H and O–H groups in total. The van der Waals surface area contributed by atoms with Gasteiger partial charge in [0.1, 0.15) is 23.8 Å². The first-order chi connectivity index (χ1) is 16.5. The number of benzene rings is 2. The van der Waals surface area contributed by atoms with Gasteiger partial charge in [-0.25, -0.2) is 4.79 Å². The van der Waals surface area contributed by atoms with Gasteiger partial charge >= 0.3 is 6.03 Å². The first kappa shape index (κ1) is 24.6. The minimum atomic E-state index is -0.379. The Morgan fingerprint density at radius 3 is 2.38 bits per heavy atom. The van der Waals surface area contributed by atoms with E-state index in [1.54, 1.807) is 42.4 Å². The predicted octanol–water partition coefficient (Wildman–Crippen LogP) is 4.89. The number of amides is 3. The molecule has 0 bridgehead atoms. The molecule has 0 spiro atoms. The van der Waals surface area contributed by atoms with Crippen molar-refractivity contribution in [3.8, 4) is 5.75 Å². The van der Waals surface area contributed by atoms with Crippen molar-refractivity contribution in [2.24, 2.45) is 0 Å². The highest BCUT2D eigenvalue weighted by Crippen LogP contribution is 2.16. The second-order valence-electron chi connectivity index (χ2n) is 7.89. The summed E-state index contributed by atoms with van der Waals surface area (Å²) in [4.78, 5) is 29.4. The molecule has 178 valence electrons. The van der Waals surface area contributed by atoms with Crippen LogP contribution < -0.4 is 10.1 Å². The molecule has 1 aromatic heterocycles. The van der Waals surface area contributed by atoms with Crippen molar-refractivity contribution in [3.05, 3.63) is 96.5 Å².